The van der Waals surface area contributed by atoms with E-state index in [0.29, 0.717) is 37.0 Å². The highest BCUT2D eigenvalue weighted by molar-refractivity contribution is 5.97. The zero-order valence-corrected chi connectivity index (χ0v) is 18.4. The Morgan fingerprint density at radius 2 is 1.83 bits per heavy atom. The van der Waals surface area contributed by atoms with Crippen LogP contribution in [0.2, 0.25) is 0 Å². The molecule has 1 aromatic carbocycles. The zero-order chi connectivity index (χ0) is 22.3. The third-order valence-corrected chi connectivity index (χ3v) is 5.35. The molecule has 0 unspecified atom stereocenters. The van der Waals surface area contributed by atoms with Crippen molar-refractivity contribution in [1.82, 2.24) is 15.3 Å². The zero-order valence-electron chi connectivity index (χ0n) is 18.4. The molecule has 166 valence electrons. The highest BCUT2D eigenvalue weighted by atomic mass is 16.5. The lowest BCUT2D eigenvalue weighted by atomic mass is 10.0. The van der Waals surface area contributed by atoms with Gasteiger partial charge in [-0.1, -0.05) is 39.8 Å². The smallest absolute Gasteiger partial charge is 0.321 e. The maximum atomic E-state index is 13.1. The van der Waals surface area contributed by atoms with E-state index in [1.165, 1.54) is 15.4 Å². The lowest BCUT2D eigenvalue weighted by molar-refractivity contribution is -0.129. The van der Waals surface area contributed by atoms with E-state index in [9.17, 15) is 14.4 Å². The van der Waals surface area contributed by atoms with E-state index in [1.54, 1.807) is 5.48 Å². The standard InChI is InChI=1S/C22H34N4O4/c1-15(2)11-13-25(14-20(27)24-30)22(29)26-12-5-6-19(26)21(28)23-18-9-7-17(8-10-18)16(3)4/h7-10,15-16,19,30H,5-6,11-14H2,1-4H3,(H,23,28)(H,24,27)/t19-/m0/s1. The lowest BCUT2D eigenvalue weighted by Crippen LogP contribution is -2.51. The van der Waals surface area contributed by atoms with Gasteiger partial charge in [-0.2, -0.15) is 0 Å². The van der Waals surface area contributed by atoms with Crippen molar-refractivity contribution in [1.29, 1.82) is 0 Å². The number of benzene rings is 1. The van der Waals surface area contributed by atoms with Crippen LogP contribution < -0.4 is 10.8 Å². The van der Waals surface area contributed by atoms with Crippen molar-refractivity contribution in [3.05, 3.63) is 29.8 Å². The number of hydrogen-bond acceptors (Lipinski definition) is 4. The number of nitrogens with one attached hydrogen (secondary N) is 2. The Balaban J connectivity index is 2.07. The van der Waals surface area contributed by atoms with Gasteiger partial charge in [-0.15, -0.1) is 0 Å². The highest BCUT2D eigenvalue weighted by Gasteiger charge is 2.36. The van der Waals surface area contributed by atoms with E-state index in [4.69, 9.17) is 5.21 Å². The van der Waals surface area contributed by atoms with Gasteiger partial charge in [-0.3, -0.25) is 14.8 Å². The summed E-state index contributed by atoms with van der Waals surface area (Å²) < 4.78 is 0. The maximum absolute atomic E-state index is 13.1. The number of likely N-dealkylation sites (tertiary alicyclic amines) is 1. The number of hydroxylamine groups is 1. The van der Waals surface area contributed by atoms with Crippen molar-refractivity contribution in [3.63, 3.8) is 0 Å². The third kappa shape index (κ3) is 6.45. The van der Waals surface area contributed by atoms with Crippen molar-refractivity contribution in [2.24, 2.45) is 5.92 Å². The first kappa shape index (κ1) is 23.7. The quantitative estimate of drug-likeness (QED) is 0.446. The fraction of sp³-hybridized carbons (Fsp3) is 0.591. The summed E-state index contributed by atoms with van der Waals surface area (Å²) in [5, 5.41) is 11.8. The van der Waals surface area contributed by atoms with Crippen molar-refractivity contribution in [2.45, 2.75) is 58.9 Å². The van der Waals surface area contributed by atoms with Gasteiger partial charge in [-0.05, 0) is 48.8 Å². The van der Waals surface area contributed by atoms with Gasteiger partial charge in [0.2, 0.25) is 5.91 Å². The Morgan fingerprint density at radius 3 is 2.40 bits per heavy atom. The van der Waals surface area contributed by atoms with Crippen molar-refractivity contribution < 1.29 is 19.6 Å². The second-order valence-electron chi connectivity index (χ2n) is 8.54. The second kappa shape index (κ2) is 11.0. The third-order valence-electron chi connectivity index (χ3n) is 5.35. The van der Waals surface area contributed by atoms with E-state index in [1.807, 2.05) is 38.1 Å². The molecule has 0 saturated carbocycles. The van der Waals surface area contributed by atoms with Crippen LogP contribution >= 0.6 is 0 Å². The molecule has 1 heterocycles. The summed E-state index contributed by atoms with van der Waals surface area (Å²) >= 11 is 0. The molecule has 1 aliphatic heterocycles. The summed E-state index contributed by atoms with van der Waals surface area (Å²) in [4.78, 5) is 40.6. The average Bonchev–Trinajstić information content (AvgIpc) is 3.20. The average molecular weight is 419 g/mol. The molecule has 30 heavy (non-hydrogen) atoms. The molecule has 0 spiro atoms. The van der Waals surface area contributed by atoms with Crippen LogP contribution in [0.1, 0.15) is 58.4 Å². The predicted octanol–water partition coefficient (Wildman–Crippen LogP) is 3.19. The molecule has 1 aromatic rings. The molecule has 0 bridgehead atoms. The predicted molar refractivity (Wildman–Crippen MR) is 115 cm³/mol. The molecular formula is C22H34N4O4. The summed E-state index contributed by atoms with van der Waals surface area (Å²) in [6.07, 6.45) is 2.02. The van der Waals surface area contributed by atoms with Gasteiger partial charge in [0.15, 0.2) is 0 Å². The Morgan fingerprint density at radius 1 is 1.17 bits per heavy atom. The van der Waals surface area contributed by atoms with Crippen molar-refractivity contribution in [3.8, 4) is 0 Å². The van der Waals surface area contributed by atoms with Crippen molar-refractivity contribution >= 4 is 23.5 Å². The number of amides is 4. The first-order valence-corrected chi connectivity index (χ1v) is 10.6. The molecule has 1 saturated heterocycles. The van der Waals surface area contributed by atoms with E-state index in [2.05, 4.69) is 19.2 Å². The monoisotopic (exact) mass is 418 g/mol. The molecular weight excluding hydrogens is 384 g/mol. The largest absolute Gasteiger partial charge is 0.324 e. The van der Waals surface area contributed by atoms with Crippen LogP contribution in [-0.4, -0.2) is 58.5 Å². The van der Waals surface area contributed by atoms with Crippen LogP contribution in [0.15, 0.2) is 24.3 Å². The van der Waals surface area contributed by atoms with E-state index in [0.717, 1.165) is 12.8 Å². The van der Waals surface area contributed by atoms with E-state index < -0.39 is 11.9 Å². The van der Waals surface area contributed by atoms with Crippen LogP contribution in [0.3, 0.4) is 0 Å². The van der Waals surface area contributed by atoms with Gasteiger partial charge in [-0.25, -0.2) is 10.3 Å². The molecule has 3 N–H and O–H groups in total. The summed E-state index contributed by atoms with van der Waals surface area (Å²) in [7, 11) is 0. The fourth-order valence-electron chi connectivity index (χ4n) is 3.49. The molecule has 8 nitrogen and oxygen atoms in total. The Hall–Kier alpha value is -2.61. The molecule has 0 aliphatic carbocycles. The topological polar surface area (TPSA) is 102 Å². The normalized spacial score (nSPS) is 16.1. The summed E-state index contributed by atoms with van der Waals surface area (Å²) in [5.74, 6) is -0.124. The minimum Gasteiger partial charge on any atom is -0.324 e. The first-order valence-electron chi connectivity index (χ1n) is 10.6. The first-order chi connectivity index (χ1) is 14.2. The van der Waals surface area contributed by atoms with Crippen molar-refractivity contribution in [2.75, 3.05) is 25.0 Å². The number of urea groups is 1. The molecule has 1 fully saturated rings. The Bertz CT molecular complexity index is 733. The Labute approximate surface area is 178 Å². The summed E-state index contributed by atoms with van der Waals surface area (Å²) in [6.45, 7) is 8.88. The molecule has 1 aliphatic rings. The molecule has 0 aromatic heterocycles. The fourth-order valence-corrected chi connectivity index (χ4v) is 3.49. The molecule has 8 heteroatoms. The Kier molecular flexibility index (Phi) is 8.65. The number of nitrogens with zero attached hydrogens (tertiary/aromatic N) is 2. The number of hydrogen-bond donors (Lipinski definition) is 3. The number of carbonyl (C=O) groups excluding carboxylic acids is 3. The van der Waals surface area contributed by atoms with Crippen LogP contribution in [-0.2, 0) is 9.59 Å². The van der Waals surface area contributed by atoms with Crippen LogP contribution in [0.5, 0.6) is 0 Å². The summed E-state index contributed by atoms with van der Waals surface area (Å²) in [5.41, 5.74) is 3.46. The van der Waals surface area contributed by atoms with Crippen LogP contribution in [0, 0.1) is 5.92 Å². The number of carbonyl (C=O) groups is 3. The van der Waals surface area contributed by atoms with Gasteiger partial charge >= 0.3 is 6.03 Å². The molecule has 1 atom stereocenters. The number of rotatable bonds is 8. The lowest BCUT2D eigenvalue weighted by Gasteiger charge is -2.31. The van der Waals surface area contributed by atoms with E-state index >= 15 is 0 Å². The SMILES string of the molecule is CC(C)CCN(CC(=O)NO)C(=O)N1CCC[C@H]1C(=O)Nc1ccc(C(C)C)cc1. The van der Waals surface area contributed by atoms with Gasteiger partial charge in [0.25, 0.3) is 5.91 Å². The summed E-state index contributed by atoms with van der Waals surface area (Å²) in [6, 6.07) is 6.77. The highest BCUT2D eigenvalue weighted by Crippen LogP contribution is 2.22. The molecule has 0 radical (unpaired) electrons. The second-order valence-corrected chi connectivity index (χ2v) is 8.54. The van der Waals surface area contributed by atoms with Crippen LogP contribution in [0.4, 0.5) is 10.5 Å². The van der Waals surface area contributed by atoms with Gasteiger partial charge in [0.05, 0.1) is 0 Å². The minimum atomic E-state index is -0.655. The van der Waals surface area contributed by atoms with Gasteiger partial charge < -0.3 is 15.1 Å². The van der Waals surface area contributed by atoms with Gasteiger partial charge in [0, 0.05) is 18.8 Å². The number of anilines is 1. The minimum absolute atomic E-state index is 0.228. The molecule has 2 rings (SSSR count). The maximum Gasteiger partial charge on any atom is 0.321 e. The molecule has 4 amide bonds. The van der Waals surface area contributed by atoms with E-state index in [-0.39, 0.29) is 18.5 Å². The van der Waals surface area contributed by atoms with Gasteiger partial charge in [0.1, 0.15) is 12.6 Å². The van der Waals surface area contributed by atoms with Crippen LogP contribution in [0.25, 0.3) is 0 Å².